The Hall–Kier alpha value is -5.12. The van der Waals surface area contributed by atoms with Crippen LogP contribution in [0.3, 0.4) is 0 Å². The van der Waals surface area contributed by atoms with E-state index in [1.54, 1.807) is 42.5 Å². The van der Waals surface area contributed by atoms with Gasteiger partial charge in [-0.3, -0.25) is 9.59 Å². The molecular formula is C29H27N3O7. The zero-order chi connectivity index (χ0) is 27.9. The fraction of sp³-hybridized carbons (Fsp3) is 0.172. The number of ether oxygens (including phenoxy) is 2. The summed E-state index contributed by atoms with van der Waals surface area (Å²) in [4.78, 5) is 49.9. The van der Waals surface area contributed by atoms with Gasteiger partial charge in [0, 0.05) is 5.69 Å². The fourth-order valence-corrected chi connectivity index (χ4v) is 4.01. The Balaban J connectivity index is 1.43. The minimum atomic E-state index is -1.03. The molecule has 3 aromatic rings. The lowest BCUT2D eigenvalue weighted by Gasteiger charge is -2.13. The SMILES string of the molecule is CCc1ccccc1NC(=O)CN1C(=O)N/C(=C/c2ccc(OCc3cccc(C(=O)O)c3)c(OC)c2)C1=O. The molecule has 1 heterocycles. The van der Waals surface area contributed by atoms with Gasteiger partial charge in [0.2, 0.25) is 5.91 Å². The molecule has 0 radical (unpaired) electrons. The van der Waals surface area contributed by atoms with Gasteiger partial charge in [0.1, 0.15) is 18.8 Å². The van der Waals surface area contributed by atoms with Crippen LogP contribution in [0.25, 0.3) is 6.08 Å². The number of carboxylic acids is 1. The number of aromatic carboxylic acids is 1. The molecule has 4 rings (SSSR count). The summed E-state index contributed by atoms with van der Waals surface area (Å²) in [6.07, 6.45) is 2.20. The third kappa shape index (κ3) is 6.42. The number of hydrogen-bond acceptors (Lipinski definition) is 6. The van der Waals surface area contributed by atoms with Gasteiger partial charge in [-0.25, -0.2) is 14.5 Å². The van der Waals surface area contributed by atoms with Crippen LogP contribution in [0.2, 0.25) is 0 Å². The Morgan fingerprint density at radius 1 is 1.03 bits per heavy atom. The Bertz CT molecular complexity index is 1460. The number of methoxy groups -OCH3 is 1. The fourth-order valence-electron chi connectivity index (χ4n) is 4.01. The van der Waals surface area contributed by atoms with Crippen LogP contribution in [0.15, 0.2) is 72.4 Å². The normalized spacial score (nSPS) is 13.8. The van der Waals surface area contributed by atoms with E-state index in [9.17, 15) is 19.2 Å². The van der Waals surface area contributed by atoms with Crippen LogP contribution in [-0.4, -0.2) is 47.5 Å². The standard InChI is InChI=1S/C29H27N3O7/c1-3-20-8-4-5-10-22(20)30-26(33)16-32-27(34)23(31-29(32)37)14-18-11-12-24(25(15-18)38-2)39-17-19-7-6-9-21(13-19)28(35)36/h4-15H,3,16-17H2,1-2H3,(H,30,33)(H,31,37)(H,35,36)/b23-14+. The molecule has 4 amide bonds. The lowest BCUT2D eigenvalue weighted by atomic mass is 10.1. The number of imide groups is 1. The largest absolute Gasteiger partial charge is 0.493 e. The smallest absolute Gasteiger partial charge is 0.335 e. The maximum absolute atomic E-state index is 12.9. The van der Waals surface area contributed by atoms with E-state index in [0.717, 1.165) is 16.9 Å². The van der Waals surface area contributed by atoms with Gasteiger partial charge in [0.25, 0.3) is 5.91 Å². The number of hydrogen-bond donors (Lipinski definition) is 3. The molecule has 0 aromatic heterocycles. The summed E-state index contributed by atoms with van der Waals surface area (Å²) in [6, 6.07) is 18.0. The molecule has 0 bridgehead atoms. The summed E-state index contributed by atoms with van der Waals surface area (Å²) in [6.45, 7) is 1.65. The molecule has 0 unspecified atom stereocenters. The highest BCUT2D eigenvalue weighted by Crippen LogP contribution is 2.30. The van der Waals surface area contributed by atoms with Crippen LogP contribution in [0.1, 0.15) is 34.0 Å². The van der Waals surface area contributed by atoms with Crippen molar-refractivity contribution < 1.29 is 33.8 Å². The van der Waals surface area contributed by atoms with Gasteiger partial charge in [-0.2, -0.15) is 0 Å². The molecule has 1 aliphatic heterocycles. The molecule has 39 heavy (non-hydrogen) atoms. The number of aryl methyl sites for hydroxylation is 1. The number of para-hydroxylation sites is 1. The summed E-state index contributed by atoms with van der Waals surface area (Å²) < 4.78 is 11.2. The second-order valence-electron chi connectivity index (χ2n) is 8.64. The first-order valence-corrected chi connectivity index (χ1v) is 12.1. The Morgan fingerprint density at radius 3 is 2.56 bits per heavy atom. The summed E-state index contributed by atoms with van der Waals surface area (Å²) in [7, 11) is 1.46. The maximum Gasteiger partial charge on any atom is 0.335 e. The molecule has 1 aliphatic rings. The first kappa shape index (κ1) is 26.9. The van der Waals surface area contributed by atoms with E-state index in [1.165, 1.54) is 25.3 Å². The highest BCUT2D eigenvalue weighted by Gasteiger charge is 2.35. The molecule has 200 valence electrons. The lowest BCUT2D eigenvalue weighted by molar-refractivity contribution is -0.127. The average molecular weight is 530 g/mol. The van der Waals surface area contributed by atoms with Crippen LogP contribution in [0, 0.1) is 0 Å². The number of rotatable bonds is 10. The maximum atomic E-state index is 12.9. The van der Waals surface area contributed by atoms with Crippen molar-refractivity contribution in [3.05, 3.63) is 94.7 Å². The number of carboxylic acid groups (broad SMARTS) is 1. The average Bonchev–Trinajstić information content (AvgIpc) is 3.19. The number of nitrogens with one attached hydrogen (secondary N) is 2. The van der Waals surface area contributed by atoms with Crippen LogP contribution in [-0.2, 0) is 22.6 Å². The first-order valence-electron chi connectivity index (χ1n) is 12.1. The number of anilines is 1. The van der Waals surface area contributed by atoms with Crippen LogP contribution < -0.4 is 20.1 Å². The van der Waals surface area contributed by atoms with Crippen molar-refractivity contribution in [2.24, 2.45) is 0 Å². The summed E-state index contributed by atoms with van der Waals surface area (Å²) >= 11 is 0. The van der Waals surface area contributed by atoms with Gasteiger partial charge in [0.15, 0.2) is 11.5 Å². The van der Waals surface area contributed by atoms with Gasteiger partial charge in [-0.05, 0) is 59.5 Å². The van der Waals surface area contributed by atoms with Gasteiger partial charge in [-0.15, -0.1) is 0 Å². The number of urea groups is 1. The number of nitrogens with zero attached hydrogens (tertiary/aromatic N) is 1. The molecule has 0 spiro atoms. The van der Waals surface area contributed by atoms with Crippen molar-refractivity contribution in [2.45, 2.75) is 20.0 Å². The molecule has 0 atom stereocenters. The third-order valence-corrected chi connectivity index (χ3v) is 6.00. The first-order chi connectivity index (χ1) is 18.8. The minimum Gasteiger partial charge on any atom is -0.493 e. The minimum absolute atomic E-state index is 0.0166. The third-order valence-electron chi connectivity index (χ3n) is 6.00. The number of carbonyl (C=O) groups is 4. The molecule has 0 aliphatic carbocycles. The van der Waals surface area contributed by atoms with Crippen LogP contribution in [0.4, 0.5) is 10.5 Å². The second-order valence-corrected chi connectivity index (χ2v) is 8.64. The van der Waals surface area contributed by atoms with E-state index in [0.29, 0.717) is 28.3 Å². The summed E-state index contributed by atoms with van der Waals surface area (Å²) in [5, 5.41) is 14.4. The van der Waals surface area contributed by atoms with Gasteiger partial charge >= 0.3 is 12.0 Å². The molecule has 3 N–H and O–H groups in total. The highest BCUT2D eigenvalue weighted by molar-refractivity contribution is 6.16. The Labute approximate surface area is 224 Å². The summed E-state index contributed by atoms with van der Waals surface area (Å²) in [5.74, 6) is -1.36. The predicted molar refractivity (Wildman–Crippen MR) is 143 cm³/mol. The van der Waals surface area contributed by atoms with Gasteiger partial charge < -0.3 is 25.2 Å². The van der Waals surface area contributed by atoms with E-state index < -0.39 is 30.4 Å². The predicted octanol–water partition coefficient (Wildman–Crippen LogP) is 4.07. The number of benzene rings is 3. The second kappa shape index (κ2) is 12.0. The quantitative estimate of drug-likeness (QED) is 0.266. The Morgan fingerprint density at radius 2 is 1.82 bits per heavy atom. The van der Waals surface area contributed by atoms with Gasteiger partial charge in [-0.1, -0.05) is 43.3 Å². The van der Waals surface area contributed by atoms with Crippen molar-refractivity contribution in [2.75, 3.05) is 19.0 Å². The molecule has 10 nitrogen and oxygen atoms in total. The van der Waals surface area contributed by atoms with Crippen molar-refractivity contribution in [3.63, 3.8) is 0 Å². The molecule has 1 fully saturated rings. The van der Waals surface area contributed by atoms with Crippen LogP contribution in [0.5, 0.6) is 11.5 Å². The van der Waals surface area contributed by atoms with E-state index in [-0.39, 0.29) is 17.9 Å². The molecule has 0 saturated carbocycles. The molecule has 3 aromatic carbocycles. The highest BCUT2D eigenvalue weighted by atomic mass is 16.5. The number of carbonyl (C=O) groups excluding carboxylic acids is 3. The van der Waals surface area contributed by atoms with Crippen molar-refractivity contribution in [1.29, 1.82) is 0 Å². The topological polar surface area (TPSA) is 134 Å². The van der Waals surface area contributed by atoms with Crippen molar-refractivity contribution in [3.8, 4) is 11.5 Å². The summed E-state index contributed by atoms with van der Waals surface area (Å²) in [5.41, 5.74) is 2.98. The van der Waals surface area contributed by atoms with E-state index >= 15 is 0 Å². The lowest BCUT2D eigenvalue weighted by Crippen LogP contribution is -2.38. The molecule has 10 heteroatoms. The monoisotopic (exact) mass is 529 g/mol. The zero-order valence-electron chi connectivity index (χ0n) is 21.4. The Kier molecular flexibility index (Phi) is 8.25. The van der Waals surface area contributed by atoms with E-state index in [1.807, 2.05) is 19.1 Å². The van der Waals surface area contributed by atoms with Gasteiger partial charge in [0.05, 0.1) is 12.7 Å². The molecular weight excluding hydrogens is 502 g/mol. The zero-order valence-corrected chi connectivity index (χ0v) is 21.4. The van der Waals surface area contributed by atoms with E-state index in [2.05, 4.69) is 10.6 Å². The van der Waals surface area contributed by atoms with Crippen LogP contribution >= 0.6 is 0 Å². The van der Waals surface area contributed by atoms with Crippen molar-refractivity contribution >= 4 is 35.6 Å². The number of amides is 4. The molecule has 1 saturated heterocycles. The van der Waals surface area contributed by atoms with Crippen molar-refractivity contribution in [1.82, 2.24) is 10.2 Å². The van der Waals surface area contributed by atoms with E-state index in [4.69, 9.17) is 14.6 Å².